The highest BCUT2D eigenvalue weighted by Crippen LogP contribution is 2.28. The van der Waals surface area contributed by atoms with Gasteiger partial charge in [0.05, 0.1) is 11.9 Å². The molecule has 0 unspecified atom stereocenters. The summed E-state index contributed by atoms with van der Waals surface area (Å²) in [5.74, 6) is 0. The predicted molar refractivity (Wildman–Crippen MR) is 70.3 cm³/mol. The molecule has 1 fully saturated rings. The molecular formula is C14H21N3. The summed E-state index contributed by atoms with van der Waals surface area (Å²) in [5, 5.41) is 0. The van der Waals surface area contributed by atoms with E-state index in [9.17, 15) is 0 Å². The molecular weight excluding hydrogens is 210 g/mol. The zero-order valence-corrected chi connectivity index (χ0v) is 10.7. The summed E-state index contributed by atoms with van der Waals surface area (Å²) in [6.45, 7) is 4.80. The van der Waals surface area contributed by atoms with E-state index in [1.165, 1.54) is 56.6 Å². The molecule has 0 N–H and O–H groups in total. The number of pyridine rings is 1. The van der Waals surface area contributed by atoms with E-state index in [0.29, 0.717) is 0 Å². The number of likely N-dealkylation sites (tertiary alicyclic amines) is 1. The van der Waals surface area contributed by atoms with Gasteiger partial charge in [-0.05, 0) is 49.9 Å². The van der Waals surface area contributed by atoms with E-state index < -0.39 is 0 Å². The van der Waals surface area contributed by atoms with E-state index in [1.54, 1.807) is 5.56 Å². The van der Waals surface area contributed by atoms with Crippen LogP contribution in [0.25, 0.3) is 0 Å². The SMILES string of the molecule is CN1CCCc2c(CN3CCCC3)cncc21. The molecule has 0 aliphatic carbocycles. The van der Waals surface area contributed by atoms with Gasteiger partial charge in [0.25, 0.3) is 0 Å². The number of hydrogen-bond acceptors (Lipinski definition) is 3. The Morgan fingerprint density at radius 1 is 1.12 bits per heavy atom. The molecule has 0 saturated carbocycles. The third kappa shape index (κ3) is 2.16. The van der Waals surface area contributed by atoms with Crippen molar-refractivity contribution in [3.63, 3.8) is 0 Å². The fourth-order valence-electron chi connectivity index (χ4n) is 3.07. The van der Waals surface area contributed by atoms with E-state index >= 15 is 0 Å². The third-order valence-electron chi connectivity index (χ3n) is 4.05. The maximum absolute atomic E-state index is 4.42. The molecule has 3 heterocycles. The quantitative estimate of drug-likeness (QED) is 0.776. The van der Waals surface area contributed by atoms with E-state index in [1.807, 2.05) is 6.20 Å². The Kier molecular flexibility index (Phi) is 3.02. The van der Waals surface area contributed by atoms with E-state index in [4.69, 9.17) is 0 Å². The molecule has 0 radical (unpaired) electrons. The summed E-state index contributed by atoms with van der Waals surface area (Å²) in [5.41, 5.74) is 4.35. The van der Waals surface area contributed by atoms with Crippen LogP contribution < -0.4 is 4.90 Å². The van der Waals surface area contributed by atoms with Crippen molar-refractivity contribution in [2.45, 2.75) is 32.2 Å². The van der Waals surface area contributed by atoms with Crippen molar-refractivity contribution < 1.29 is 0 Å². The fraction of sp³-hybridized carbons (Fsp3) is 0.643. The smallest absolute Gasteiger partial charge is 0.0585 e. The fourth-order valence-corrected chi connectivity index (χ4v) is 3.07. The van der Waals surface area contributed by atoms with Gasteiger partial charge in [-0.25, -0.2) is 0 Å². The highest BCUT2D eigenvalue weighted by atomic mass is 15.1. The van der Waals surface area contributed by atoms with Gasteiger partial charge in [-0.1, -0.05) is 0 Å². The Balaban J connectivity index is 1.86. The second-order valence-corrected chi connectivity index (χ2v) is 5.30. The maximum atomic E-state index is 4.42. The topological polar surface area (TPSA) is 19.4 Å². The lowest BCUT2D eigenvalue weighted by molar-refractivity contribution is 0.329. The first-order chi connectivity index (χ1) is 8.34. The van der Waals surface area contributed by atoms with Crippen molar-refractivity contribution >= 4 is 5.69 Å². The van der Waals surface area contributed by atoms with Crippen LogP contribution >= 0.6 is 0 Å². The molecule has 0 spiro atoms. The van der Waals surface area contributed by atoms with Crippen LogP contribution in [0.4, 0.5) is 5.69 Å². The monoisotopic (exact) mass is 231 g/mol. The minimum atomic E-state index is 1.10. The van der Waals surface area contributed by atoms with Crippen LogP contribution in [0.5, 0.6) is 0 Å². The molecule has 2 aliphatic rings. The van der Waals surface area contributed by atoms with Crippen molar-refractivity contribution in [3.8, 4) is 0 Å². The summed E-state index contributed by atoms with van der Waals surface area (Å²) in [4.78, 5) is 9.33. The molecule has 1 aromatic rings. The van der Waals surface area contributed by atoms with Crippen LogP contribution in [0, 0.1) is 0 Å². The number of fused-ring (bicyclic) bond motifs is 1. The second kappa shape index (κ2) is 4.65. The molecule has 0 bridgehead atoms. The minimum Gasteiger partial charge on any atom is -0.373 e. The first-order valence-electron chi connectivity index (χ1n) is 6.74. The number of hydrogen-bond donors (Lipinski definition) is 0. The number of anilines is 1. The average Bonchev–Trinajstić information content (AvgIpc) is 2.83. The van der Waals surface area contributed by atoms with Gasteiger partial charge < -0.3 is 4.90 Å². The van der Waals surface area contributed by atoms with Gasteiger partial charge in [-0.3, -0.25) is 9.88 Å². The Labute approximate surface area is 103 Å². The molecule has 0 atom stereocenters. The van der Waals surface area contributed by atoms with Gasteiger partial charge in [-0.15, -0.1) is 0 Å². The minimum absolute atomic E-state index is 1.10. The predicted octanol–water partition coefficient (Wildman–Crippen LogP) is 2.06. The second-order valence-electron chi connectivity index (χ2n) is 5.30. The van der Waals surface area contributed by atoms with Crippen molar-refractivity contribution in [1.29, 1.82) is 0 Å². The summed E-state index contributed by atoms with van der Waals surface area (Å²) in [7, 11) is 2.18. The van der Waals surface area contributed by atoms with Crippen LogP contribution in [0.2, 0.25) is 0 Å². The average molecular weight is 231 g/mol. The first-order valence-corrected chi connectivity index (χ1v) is 6.74. The lowest BCUT2D eigenvalue weighted by Gasteiger charge is -2.29. The molecule has 3 nitrogen and oxygen atoms in total. The molecule has 2 aliphatic heterocycles. The zero-order chi connectivity index (χ0) is 11.7. The molecule has 0 amide bonds. The van der Waals surface area contributed by atoms with Crippen molar-refractivity contribution in [2.24, 2.45) is 0 Å². The summed E-state index contributed by atoms with van der Waals surface area (Å²) >= 11 is 0. The van der Waals surface area contributed by atoms with Gasteiger partial charge in [0.15, 0.2) is 0 Å². The van der Waals surface area contributed by atoms with E-state index in [0.717, 1.165) is 6.54 Å². The Hall–Kier alpha value is -1.09. The van der Waals surface area contributed by atoms with Crippen LogP contribution in [0.1, 0.15) is 30.4 Å². The van der Waals surface area contributed by atoms with Crippen molar-refractivity contribution in [1.82, 2.24) is 9.88 Å². The molecule has 3 rings (SSSR count). The number of rotatable bonds is 2. The molecule has 1 aromatic heterocycles. The largest absolute Gasteiger partial charge is 0.373 e. The van der Waals surface area contributed by atoms with Crippen molar-refractivity contribution in [2.75, 3.05) is 31.6 Å². The maximum Gasteiger partial charge on any atom is 0.0585 e. The number of nitrogens with zero attached hydrogens (tertiary/aromatic N) is 3. The van der Waals surface area contributed by atoms with Crippen LogP contribution in [0.3, 0.4) is 0 Å². The molecule has 0 aromatic carbocycles. The molecule has 17 heavy (non-hydrogen) atoms. The summed E-state index contributed by atoms with van der Waals surface area (Å²) in [6.07, 6.45) is 9.34. The highest BCUT2D eigenvalue weighted by Gasteiger charge is 2.19. The third-order valence-corrected chi connectivity index (χ3v) is 4.05. The van der Waals surface area contributed by atoms with Crippen LogP contribution in [-0.2, 0) is 13.0 Å². The normalized spacial score (nSPS) is 20.6. The van der Waals surface area contributed by atoms with Crippen molar-refractivity contribution in [3.05, 3.63) is 23.5 Å². The van der Waals surface area contributed by atoms with Gasteiger partial charge in [-0.2, -0.15) is 0 Å². The number of aromatic nitrogens is 1. The van der Waals surface area contributed by atoms with Crippen LogP contribution in [0.15, 0.2) is 12.4 Å². The molecule has 92 valence electrons. The summed E-state index contributed by atoms with van der Waals surface area (Å²) < 4.78 is 0. The first kappa shape index (κ1) is 11.0. The summed E-state index contributed by atoms with van der Waals surface area (Å²) in [6, 6.07) is 0. The lowest BCUT2D eigenvalue weighted by atomic mass is 9.99. The zero-order valence-electron chi connectivity index (χ0n) is 10.7. The standard InChI is InChI=1S/C14H21N3/c1-16-6-4-5-13-12(9-15-10-14(13)16)11-17-7-2-3-8-17/h9-10H,2-8,11H2,1H3. The van der Waals surface area contributed by atoms with Gasteiger partial charge >= 0.3 is 0 Å². The van der Waals surface area contributed by atoms with Gasteiger partial charge in [0.2, 0.25) is 0 Å². The Morgan fingerprint density at radius 3 is 2.76 bits per heavy atom. The van der Waals surface area contributed by atoms with Crippen LogP contribution in [-0.4, -0.2) is 36.6 Å². The Bertz CT molecular complexity index is 396. The molecule has 3 heteroatoms. The Morgan fingerprint density at radius 2 is 1.94 bits per heavy atom. The van der Waals surface area contributed by atoms with Gasteiger partial charge in [0, 0.05) is 26.3 Å². The van der Waals surface area contributed by atoms with E-state index in [2.05, 4.69) is 28.0 Å². The lowest BCUT2D eigenvalue weighted by Crippen LogP contribution is -2.27. The molecule has 1 saturated heterocycles. The van der Waals surface area contributed by atoms with E-state index in [-0.39, 0.29) is 0 Å². The highest BCUT2D eigenvalue weighted by molar-refractivity contribution is 5.56. The van der Waals surface area contributed by atoms with Gasteiger partial charge in [0.1, 0.15) is 0 Å².